The van der Waals surface area contributed by atoms with Gasteiger partial charge in [0, 0.05) is 19.1 Å². The number of nitrogens with zero attached hydrogens (tertiary/aromatic N) is 1. The minimum absolute atomic E-state index is 0.119. The van der Waals surface area contributed by atoms with Crippen LogP contribution < -0.4 is 4.72 Å². The molecule has 2 rings (SSSR count). The minimum atomic E-state index is -3.10. The Hall–Kier alpha value is -1.32. The number of benzene rings is 1. The summed E-state index contributed by atoms with van der Waals surface area (Å²) in [4.78, 5) is 14.2. The third-order valence-electron chi connectivity index (χ3n) is 3.54. The average molecular weight is 358 g/mol. The van der Waals surface area contributed by atoms with Gasteiger partial charge in [0.15, 0.2) is 0 Å². The first-order valence-electron chi connectivity index (χ1n) is 7.84. The number of nitrogens with one attached hydrogen (secondary N) is 1. The van der Waals surface area contributed by atoms with Crippen LogP contribution >= 0.6 is 10.8 Å². The number of ether oxygens (including phenoxy) is 1. The van der Waals surface area contributed by atoms with E-state index in [0.717, 1.165) is 5.56 Å². The van der Waals surface area contributed by atoms with Crippen molar-refractivity contribution in [3.05, 3.63) is 29.8 Å². The van der Waals surface area contributed by atoms with Crippen molar-refractivity contribution in [3.63, 3.8) is 0 Å². The van der Waals surface area contributed by atoms with E-state index in [2.05, 4.69) is 4.72 Å². The van der Waals surface area contributed by atoms with Crippen LogP contribution in [-0.2, 0) is 11.2 Å². The quantitative estimate of drug-likeness (QED) is 0.659. The highest BCUT2D eigenvalue weighted by atomic mass is 32.3. The summed E-state index contributed by atoms with van der Waals surface area (Å²) in [5.41, 5.74) is 0.203. The number of amides is 1. The Morgan fingerprint density at radius 3 is 2.67 bits per heavy atom. The molecule has 1 aliphatic heterocycles. The molecule has 4 N–H and O–H groups in total. The lowest BCUT2D eigenvalue weighted by molar-refractivity contribution is 0.0202. The monoisotopic (exact) mass is 358 g/mol. The molecule has 8 heteroatoms. The van der Waals surface area contributed by atoms with Crippen LogP contribution in [0.5, 0.6) is 0 Å². The van der Waals surface area contributed by atoms with Crippen LogP contribution in [0, 0.1) is 0 Å². The molecule has 1 aromatic carbocycles. The van der Waals surface area contributed by atoms with E-state index in [0.29, 0.717) is 11.3 Å². The van der Waals surface area contributed by atoms with Crippen molar-refractivity contribution in [3.8, 4) is 0 Å². The number of carbonyl (C=O) groups is 1. The van der Waals surface area contributed by atoms with E-state index < -0.39 is 22.5 Å². The Bertz CT molecular complexity index is 588. The highest BCUT2D eigenvalue weighted by Gasteiger charge is 2.32. The normalized spacial score (nSPS) is 20.8. The molecule has 1 atom stereocenters. The van der Waals surface area contributed by atoms with Crippen LogP contribution in [0.3, 0.4) is 0 Å². The van der Waals surface area contributed by atoms with Crippen LogP contribution in [0.25, 0.3) is 0 Å². The number of fused-ring (bicyclic) bond motifs is 1. The highest BCUT2D eigenvalue weighted by molar-refractivity contribution is 8.22. The summed E-state index contributed by atoms with van der Waals surface area (Å²) < 4.78 is 28.8. The van der Waals surface area contributed by atoms with Gasteiger partial charge in [-0.25, -0.2) is 9.52 Å². The number of hydrogen-bond donors (Lipinski definition) is 4. The van der Waals surface area contributed by atoms with Gasteiger partial charge in [-0.2, -0.15) is 0 Å². The first-order valence-corrected chi connectivity index (χ1v) is 9.39. The summed E-state index contributed by atoms with van der Waals surface area (Å²) >= 11 is 0. The van der Waals surface area contributed by atoms with Crippen molar-refractivity contribution in [2.75, 3.05) is 19.7 Å². The Balaban J connectivity index is 2.12. The second-order valence-corrected chi connectivity index (χ2v) is 8.60. The largest absolute Gasteiger partial charge is 0.444 e. The van der Waals surface area contributed by atoms with E-state index in [9.17, 15) is 19.0 Å². The SMILES string of the molecule is CC(C)(C)OC(=O)N(CCO)CC1Cc2ccccc2S(O)(O)N1. The molecular weight excluding hydrogens is 332 g/mol. The zero-order chi connectivity index (χ0) is 18.0. The van der Waals surface area contributed by atoms with Gasteiger partial charge in [-0.15, -0.1) is 10.8 Å². The van der Waals surface area contributed by atoms with Crippen molar-refractivity contribution >= 4 is 16.9 Å². The van der Waals surface area contributed by atoms with Crippen LogP contribution in [0.15, 0.2) is 29.2 Å². The lowest BCUT2D eigenvalue weighted by Crippen LogP contribution is -2.49. The average Bonchev–Trinajstić information content (AvgIpc) is 2.44. The van der Waals surface area contributed by atoms with Gasteiger partial charge in [-0.1, -0.05) is 18.2 Å². The second kappa shape index (κ2) is 7.28. The molecule has 136 valence electrons. The number of aliphatic hydroxyl groups is 1. The molecule has 1 unspecified atom stereocenters. The zero-order valence-corrected chi connectivity index (χ0v) is 15.0. The van der Waals surface area contributed by atoms with Gasteiger partial charge in [-0.05, 0) is 38.8 Å². The van der Waals surface area contributed by atoms with Gasteiger partial charge in [0.2, 0.25) is 0 Å². The lowest BCUT2D eigenvalue weighted by atomic mass is 10.1. The van der Waals surface area contributed by atoms with E-state index in [4.69, 9.17) is 4.74 Å². The summed E-state index contributed by atoms with van der Waals surface area (Å²) in [5, 5.41) is 9.21. The Morgan fingerprint density at radius 1 is 1.38 bits per heavy atom. The fourth-order valence-corrected chi connectivity index (χ4v) is 4.16. The third-order valence-corrected chi connectivity index (χ3v) is 5.21. The van der Waals surface area contributed by atoms with Crippen molar-refractivity contribution < 1.29 is 23.7 Å². The molecule has 0 aliphatic carbocycles. The molecule has 0 radical (unpaired) electrons. The molecule has 0 saturated heterocycles. The first kappa shape index (κ1) is 19.0. The molecule has 1 aliphatic rings. The van der Waals surface area contributed by atoms with E-state index in [1.165, 1.54) is 4.90 Å². The number of aliphatic hydroxyl groups excluding tert-OH is 1. The Morgan fingerprint density at radius 2 is 2.04 bits per heavy atom. The Labute approximate surface area is 144 Å². The number of rotatable bonds is 4. The highest BCUT2D eigenvalue weighted by Crippen LogP contribution is 2.49. The second-order valence-electron chi connectivity index (χ2n) is 6.83. The summed E-state index contributed by atoms with van der Waals surface area (Å²) in [6.07, 6.45) is 0.0187. The molecular formula is C16H26N2O5S. The molecule has 1 aromatic rings. The molecule has 1 amide bonds. The maximum Gasteiger partial charge on any atom is 0.410 e. The Kier molecular flexibility index (Phi) is 5.77. The zero-order valence-electron chi connectivity index (χ0n) is 14.2. The summed E-state index contributed by atoms with van der Waals surface area (Å²) in [6.45, 7) is 5.45. The lowest BCUT2D eigenvalue weighted by Gasteiger charge is -2.43. The van der Waals surface area contributed by atoms with Crippen LogP contribution in [-0.4, -0.2) is 56.5 Å². The molecule has 24 heavy (non-hydrogen) atoms. The van der Waals surface area contributed by atoms with E-state index in [-0.39, 0.29) is 25.7 Å². The summed E-state index contributed by atoms with van der Waals surface area (Å²) in [7, 11) is -3.10. The summed E-state index contributed by atoms with van der Waals surface area (Å²) in [6, 6.07) is 6.79. The van der Waals surface area contributed by atoms with Gasteiger partial charge in [0.25, 0.3) is 0 Å². The summed E-state index contributed by atoms with van der Waals surface area (Å²) in [5.74, 6) is 0. The maximum atomic E-state index is 12.3. The van der Waals surface area contributed by atoms with Crippen molar-refractivity contribution in [1.29, 1.82) is 0 Å². The van der Waals surface area contributed by atoms with Gasteiger partial charge in [0.1, 0.15) is 5.60 Å². The number of hydrogen-bond acceptors (Lipinski definition) is 6. The molecule has 0 aromatic heterocycles. The fourth-order valence-electron chi connectivity index (χ4n) is 2.63. The topological polar surface area (TPSA) is 102 Å². The van der Waals surface area contributed by atoms with Crippen molar-refractivity contribution in [2.45, 2.75) is 43.7 Å². The molecule has 0 saturated carbocycles. The van der Waals surface area contributed by atoms with E-state index in [1.807, 2.05) is 12.1 Å². The molecule has 7 nitrogen and oxygen atoms in total. The van der Waals surface area contributed by atoms with Crippen molar-refractivity contribution in [2.24, 2.45) is 0 Å². The van der Waals surface area contributed by atoms with Gasteiger partial charge < -0.3 is 14.7 Å². The first-order chi connectivity index (χ1) is 11.1. The number of carbonyl (C=O) groups excluding carboxylic acids is 1. The van der Waals surface area contributed by atoms with Crippen molar-refractivity contribution in [1.82, 2.24) is 9.62 Å². The maximum absolute atomic E-state index is 12.3. The predicted octanol–water partition coefficient (Wildman–Crippen LogP) is 2.45. The molecule has 0 bridgehead atoms. The van der Waals surface area contributed by atoms with Crippen LogP contribution in [0.4, 0.5) is 4.79 Å². The van der Waals surface area contributed by atoms with E-state index in [1.54, 1.807) is 32.9 Å². The fraction of sp³-hybridized carbons (Fsp3) is 0.562. The third kappa shape index (κ3) is 4.84. The molecule has 1 heterocycles. The van der Waals surface area contributed by atoms with Gasteiger partial charge in [0.05, 0.1) is 11.5 Å². The van der Waals surface area contributed by atoms with Gasteiger partial charge >= 0.3 is 6.09 Å². The smallest absolute Gasteiger partial charge is 0.410 e. The van der Waals surface area contributed by atoms with Crippen LogP contribution in [0.1, 0.15) is 26.3 Å². The predicted molar refractivity (Wildman–Crippen MR) is 93.1 cm³/mol. The standard InChI is InChI=1S/C16H26N2O5S/c1-16(2,3)23-15(20)18(8-9-19)11-13-10-12-6-4-5-7-14(12)24(21,22)17-13/h4-7,13,17,19,21-22H,8-11H2,1-3H3. The van der Waals surface area contributed by atoms with Crippen LogP contribution in [0.2, 0.25) is 0 Å². The molecule has 0 fully saturated rings. The minimum Gasteiger partial charge on any atom is -0.444 e. The molecule has 0 spiro atoms. The van der Waals surface area contributed by atoms with Gasteiger partial charge in [-0.3, -0.25) is 9.11 Å². The van der Waals surface area contributed by atoms with E-state index >= 15 is 0 Å².